The van der Waals surface area contributed by atoms with E-state index in [1.165, 1.54) is 31.3 Å². The molecule has 1 aliphatic rings. The summed E-state index contributed by atoms with van der Waals surface area (Å²) in [6.07, 6.45) is 2.61. The van der Waals surface area contributed by atoms with Gasteiger partial charge in [0.1, 0.15) is 11.5 Å². The number of hydrogen-bond acceptors (Lipinski definition) is 4. The number of carbonyl (C=O) groups is 1. The fourth-order valence-electron chi connectivity index (χ4n) is 2.81. The van der Waals surface area contributed by atoms with Gasteiger partial charge in [0.05, 0.1) is 23.0 Å². The number of benzene rings is 1. The highest BCUT2D eigenvalue weighted by Gasteiger charge is 2.33. The summed E-state index contributed by atoms with van der Waals surface area (Å²) in [5.74, 6) is -0.0836. The lowest BCUT2D eigenvalue weighted by Gasteiger charge is -2.13. The van der Waals surface area contributed by atoms with Crippen LogP contribution in [0.25, 0.3) is 0 Å². The van der Waals surface area contributed by atoms with Crippen LogP contribution in [0.5, 0.6) is 0 Å². The molecule has 26 heavy (non-hydrogen) atoms. The van der Waals surface area contributed by atoms with Crippen LogP contribution >= 0.6 is 11.6 Å². The number of nitrogens with one attached hydrogen (secondary N) is 2. The Labute approximate surface area is 153 Å². The molecule has 0 radical (unpaired) electrons. The molecular formula is C17H16ClF3N4O. The van der Waals surface area contributed by atoms with E-state index in [1.54, 1.807) is 0 Å². The van der Waals surface area contributed by atoms with Gasteiger partial charge in [0.25, 0.3) is 5.91 Å². The predicted octanol–water partition coefficient (Wildman–Crippen LogP) is 4.76. The van der Waals surface area contributed by atoms with Gasteiger partial charge in [0.15, 0.2) is 0 Å². The molecule has 9 heteroatoms. The van der Waals surface area contributed by atoms with Gasteiger partial charge in [-0.25, -0.2) is 9.97 Å². The number of hydrogen-bond donors (Lipinski definition) is 2. The maximum absolute atomic E-state index is 12.9. The molecule has 2 aromatic rings. The Kier molecular flexibility index (Phi) is 5.31. The van der Waals surface area contributed by atoms with E-state index in [0.29, 0.717) is 11.9 Å². The normalized spacial score (nSPS) is 15.1. The van der Waals surface area contributed by atoms with Crippen LogP contribution < -0.4 is 10.6 Å². The topological polar surface area (TPSA) is 66.9 Å². The van der Waals surface area contributed by atoms with Crippen LogP contribution in [0.15, 0.2) is 30.6 Å². The maximum atomic E-state index is 12.9. The van der Waals surface area contributed by atoms with Crippen molar-refractivity contribution in [2.75, 3.05) is 10.6 Å². The quantitative estimate of drug-likeness (QED) is 0.797. The number of amides is 1. The Morgan fingerprint density at radius 3 is 2.50 bits per heavy atom. The molecule has 1 aromatic carbocycles. The second-order valence-electron chi connectivity index (χ2n) is 6.06. The standard InChI is InChI=1S/C17H16ClF3N4O/c18-13-6-5-11(7-12(13)17(19,20)21)25-16(26)14-8-23-15(9-22-14)24-10-3-1-2-4-10/h5-10H,1-4H2,(H,23,24)(H,25,26). The van der Waals surface area contributed by atoms with Crippen molar-refractivity contribution < 1.29 is 18.0 Å². The first kappa shape index (κ1) is 18.4. The Hall–Kier alpha value is -2.35. The molecule has 2 N–H and O–H groups in total. The average Bonchev–Trinajstić information content (AvgIpc) is 3.09. The van der Waals surface area contributed by atoms with E-state index in [-0.39, 0.29) is 11.4 Å². The van der Waals surface area contributed by atoms with Gasteiger partial charge in [-0.3, -0.25) is 4.79 Å². The lowest BCUT2D eigenvalue weighted by molar-refractivity contribution is -0.137. The summed E-state index contributed by atoms with van der Waals surface area (Å²) in [7, 11) is 0. The van der Waals surface area contributed by atoms with Gasteiger partial charge in [0, 0.05) is 11.7 Å². The van der Waals surface area contributed by atoms with Gasteiger partial charge < -0.3 is 10.6 Å². The molecular weight excluding hydrogens is 369 g/mol. The fourth-order valence-corrected chi connectivity index (χ4v) is 3.04. The number of carbonyl (C=O) groups excluding carboxylic acids is 1. The Bertz CT molecular complexity index is 790. The number of aromatic nitrogens is 2. The predicted molar refractivity (Wildman–Crippen MR) is 92.3 cm³/mol. The van der Waals surface area contributed by atoms with E-state index >= 15 is 0 Å². The SMILES string of the molecule is O=C(Nc1ccc(Cl)c(C(F)(F)F)c1)c1cnc(NC2CCCC2)cn1. The molecule has 138 valence electrons. The minimum Gasteiger partial charge on any atom is -0.366 e. The maximum Gasteiger partial charge on any atom is 0.417 e. The molecule has 0 bridgehead atoms. The highest BCUT2D eigenvalue weighted by molar-refractivity contribution is 6.31. The van der Waals surface area contributed by atoms with Gasteiger partial charge in [-0.1, -0.05) is 24.4 Å². The highest BCUT2D eigenvalue weighted by atomic mass is 35.5. The van der Waals surface area contributed by atoms with E-state index in [4.69, 9.17) is 11.6 Å². The van der Waals surface area contributed by atoms with Gasteiger partial charge in [0.2, 0.25) is 0 Å². The average molecular weight is 385 g/mol. The van der Waals surface area contributed by atoms with Crippen molar-refractivity contribution in [2.45, 2.75) is 37.9 Å². The first-order chi connectivity index (χ1) is 12.3. The minimum absolute atomic E-state index is 0.00507. The van der Waals surface area contributed by atoms with Crippen LogP contribution in [-0.2, 0) is 6.18 Å². The monoisotopic (exact) mass is 384 g/mol. The van der Waals surface area contributed by atoms with Crippen LogP contribution in [0.1, 0.15) is 41.7 Å². The molecule has 1 aromatic heterocycles. The molecule has 1 fully saturated rings. The van der Waals surface area contributed by atoms with Crippen LogP contribution in [0.3, 0.4) is 0 Å². The lowest BCUT2D eigenvalue weighted by Crippen LogP contribution is -2.18. The van der Waals surface area contributed by atoms with Crippen molar-refractivity contribution in [3.05, 3.63) is 46.9 Å². The molecule has 0 saturated heterocycles. The number of halogens is 4. The summed E-state index contributed by atoms with van der Waals surface area (Å²) in [4.78, 5) is 20.3. The molecule has 0 unspecified atom stereocenters. The zero-order valence-electron chi connectivity index (χ0n) is 13.6. The Balaban J connectivity index is 1.68. The van der Waals surface area contributed by atoms with E-state index < -0.39 is 22.7 Å². The second-order valence-corrected chi connectivity index (χ2v) is 6.47. The van der Waals surface area contributed by atoms with Crippen LogP contribution in [0.2, 0.25) is 5.02 Å². The van der Waals surface area contributed by atoms with Crippen molar-refractivity contribution in [3.63, 3.8) is 0 Å². The van der Waals surface area contributed by atoms with E-state index in [0.717, 1.165) is 25.0 Å². The number of alkyl halides is 3. The molecule has 1 amide bonds. The number of anilines is 2. The highest BCUT2D eigenvalue weighted by Crippen LogP contribution is 2.36. The van der Waals surface area contributed by atoms with Crippen molar-refractivity contribution in [3.8, 4) is 0 Å². The van der Waals surface area contributed by atoms with Crippen LogP contribution in [0, 0.1) is 0 Å². The summed E-state index contributed by atoms with van der Waals surface area (Å²) >= 11 is 5.56. The summed E-state index contributed by atoms with van der Waals surface area (Å²) in [6.45, 7) is 0. The van der Waals surface area contributed by atoms with Crippen molar-refractivity contribution in [2.24, 2.45) is 0 Å². The zero-order valence-corrected chi connectivity index (χ0v) is 14.4. The fraction of sp³-hybridized carbons (Fsp3) is 0.353. The lowest BCUT2D eigenvalue weighted by atomic mass is 10.2. The molecule has 0 aliphatic heterocycles. The summed E-state index contributed by atoms with van der Waals surface area (Å²) in [6, 6.07) is 3.52. The molecule has 0 atom stereocenters. The van der Waals surface area contributed by atoms with E-state index in [9.17, 15) is 18.0 Å². The molecule has 5 nitrogen and oxygen atoms in total. The Morgan fingerprint density at radius 2 is 1.88 bits per heavy atom. The molecule has 1 heterocycles. The number of nitrogens with zero attached hydrogens (tertiary/aromatic N) is 2. The third-order valence-electron chi connectivity index (χ3n) is 4.12. The molecule has 0 spiro atoms. The molecule has 1 saturated carbocycles. The van der Waals surface area contributed by atoms with Crippen LogP contribution in [0.4, 0.5) is 24.7 Å². The summed E-state index contributed by atoms with van der Waals surface area (Å²) < 4.78 is 38.6. The van der Waals surface area contributed by atoms with E-state index in [1.807, 2.05) is 0 Å². The molecule has 1 aliphatic carbocycles. The van der Waals surface area contributed by atoms with Gasteiger partial charge in [-0.2, -0.15) is 13.2 Å². The third kappa shape index (κ3) is 4.43. The summed E-state index contributed by atoms with van der Waals surface area (Å²) in [5.41, 5.74) is -1.04. The van der Waals surface area contributed by atoms with Crippen molar-refractivity contribution in [1.29, 1.82) is 0 Å². The van der Waals surface area contributed by atoms with Gasteiger partial charge >= 0.3 is 6.18 Å². The molecule has 3 rings (SSSR count). The number of rotatable bonds is 4. The zero-order chi connectivity index (χ0) is 18.7. The smallest absolute Gasteiger partial charge is 0.366 e. The Morgan fingerprint density at radius 1 is 1.15 bits per heavy atom. The van der Waals surface area contributed by atoms with Gasteiger partial charge in [-0.15, -0.1) is 0 Å². The van der Waals surface area contributed by atoms with Gasteiger partial charge in [-0.05, 0) is 31.0 Å². The second kappa shape index (κ2) is 7.49. The first-order valence-electron chi connectivity index (χ1n) is 8.09. The summed E-state index contributed by atoms with van der Waals surface area (Å²) in [5, 5.41) is 5.18. The third-order valence-corrected chi connectivity index (χ3v) is 4.45. The van der Waals surface area contributed by atoms with Crippen molar-refractivity contribution >= 4 is 29.0 Å². The van der Waals surface area contributed by atoms with Crippen LogP contribution in [-0.4, -0.2) is 21.9 Å². The largest absolute Gasteiger partial charge is 0.417 e. The first-order valence-corrected chi connectivity index (χ1v) is 8.47. The minimum atomic E-state index is -4.61. The van der Waals surface area contributed by atoms with E-state index in [2.05, 4.69) is 20.6 Å². The van der Waals surface area contributed by atoms with Crippen molar-refractivity contribution in [1.82, 2.24) is 9.97 Å².